The van der Waals surface area contributed by atoms with Crippen molar-refractivity contribution >= 4 is 10.0 Å². The van der Waals surface area contributed by atoms with E-state index in [0.717, 1.165) is 49.7 Å². The first-order valence-corrected chi connectivity index (χ1v) is 10.3. The normalized spacial score (nSPS) is 36.8. The molecular weight excluding hydrogens is 348 g/mol. The molecule has 1 N–H and O–H groups in total. The van der Waals surface area contributed by atoms with Crippen LogP contribution in [0.1, 0.15) is 32.1 Å². The summed E-state index contributed by atoms with van der Waals surface area (Å²) in [5, 5.41) is 0. The number of halogens is 2. The van der Waals surface area contributed by atoms with Gasteiger partial charge in [0, 0.05) is 13.7 Å². The van der Waals surface area contributed by atoms with E-state index in [2.05, 4.69) is 4.72 Å². The standard InChI is InChI=1S/C18H23F2NO3S/c1-24-18(13-5-11-4-12(7-13)8-14(18)6-11)10-21-25(22,23)17-9-15(19)2-3-16(17)20/h2-3,9,11-14,21H,4-8,10H2,1H3. The lowest BCUT2D eigenvalue weighted by atomic mass is 9.50. The van der Waals surface area contributed by atoms with Crippen molar-refractivity contribution in [3.8, 4) is 0 Å². The van der Waals surface area contributed by atoms with E-state index in [4.69, 9.17) is 4.74 Å². The van der Waals surface area contributed by atoms with Gasteiger partial charge in [0.15, 0.2) is 0 Å². The first-order valence-electron chi connectivity index (χ1n) is 8.84. The largest absolute Gasteiger partial charge is 0.376 e. The molecule has 4 aliphatic carbocycles. The van der Waals surface area contributed by atoms with Crippen LogP contribution in [0.15, 0.2) is 23.1 Å². The van der Waals surface area contributed by atoms with Gasteiger partial charge < -0.3 is 4.74 Å². The zero-order valence-electron chi connectivity index (χ0n) is 14.2. The molecule has 0 atom stereocenters. The average molecular weight is 371 g/mol. The summed E-state index contributed by atoms with van der Waals surface area (Å²) < 4.78 is 60.7. The maximum Gasteiger partial charge on any atom is 0.243 e. The van der Waals surface area contributed by atoms with Gasteiger partial charge in [0.1, 0.15) is 16.5 Å². The Bertz CT molecular complexity index is 753. The minimum Gasteiger partial charge on any atom is -0.376 e. The van der Waals surface area contributed by atoms with E-state index >= 15 is 0 Å². The molecule has 0 saturated heterocycles. The summed E-state index contributed by atoms with van der Waals surface area (Å²) in [5.41, 5.74) is -0.537. The van der Waals surface area contributed by atoms with Gasteiger partial charge in [-0.1, -0.05) is 0 Å². The van der Waals surface area contributed by atoms with Crippen molar-refractivity contribution < 1.29 is 21.9 Å². The van der Waals surface area contributed by atoms with Crippen molar-refractivity contribution in [3.05, 3.63) is 29.8 Å². The first-order chi connectivity index (χ1) is 11.8. The van der Waals surface area contributed by atoms with Gasteiger partial charge in [-0.2, -0.15) is 0 Å². The number of hydrogen-bond acceptors (Lipinski definition) is 3. The maximum atomic E-state index is 13.9. The van der Waals surface area contributed by atoms with Gasteiger partial charge in [-0.15, -0.1) is 0 Å². The SMILES string of the molecule is COC1(CNS(=O)(=O)c2cc(F)ccc2F)C2CC3CC(C2)CC1C3. The van der Waals surface area contributed by atoms with E-state index in [0.29, 0.717) is 17.9 Å². The topological polar surface area (TPSA) is 55.4 Å². The molecule has 5 rings (SSSR count). The molecule has 0 aliphatic heterocycles. The molecule has 0 heterocycles. The van der Waals surface area contributed by atoms with E-state index in [1.807, 2.05) is 0 Å². The predicted molar refractivity (Wildman–Crippen MR) is 88.3 cm³/mol. The van der Waals surface area contributed by atoms with Gasteiger partial charge in [0.05, 0.1) is 5.60 Å². The molecular formula is C18H23F2NO3S. The molecule has 4 nitrogen and oxygen atoms in total. The quantitative estimate of drug-likeness (QED) is 0.865. The summed E-state index contributed by atoms with van der Waals surface area (Å²) in [6.45, 7) is 0.108. The van der Waals surface area contributed by atoms with E-state index in [1.54, 1.807) is 7.11 Å². The summed E-state index contributed by atoms with van der Waals surface area (Å²) in [6, 6.07) is 2.45. The predicted octanol–water partition coefficient (Wildman–Crippen LogP) is 3.08. The molecule has 4 aliphatic rings. The Kier molecular flexibility index (Phi) is 4.16. The summed E-state index contributed by atoms with van der Waals surface area (Å²) in [7, 11) is -2.50. The van der Waals surface area contributed by atoms with E-state index in [1.165, 1.54) is 6.42 Å². The summed E-state index contributed by atoms with van der Waals surface area (Å²) >= 11 is 0. The number of rotatable bonds is 5. The second kappa shape index (κ2) is 5.99. The molecule has 0 spiro atoms. The van der Waals surface area contributed by atoms with Gasteiger partial charge in [0.2, 0.25) is 10.0 Å². The molecule has 0 aromatic heterocycles. The van der Waals surface area contributed by atoms with E-state index < -0.39 is 32.2 Å². The van der Waals surface area contributed by atoms with Crippen molar-refractivity contribution in [2.24, 2.45) is 23.7 Å². The third-order valence-corrected chi connectivity index (χ3v) is 8.04. The third kappa shape index (κ3) is 2.80. The Morgan fingerprint density at radius 2 is 1.72 bits per heavy atom. The summed E-state index contributed by atoms with van der Waals surface area (Å²) in [6.07, 6.45) is 5.55. The molecule has 4 fully saturated rings. The monoisotopic (exact) mass is 371 g/mol. The third-order valence-electron chi connectivity index (χ3n) is 6.62. The molecule has 7 heteroatoms. The second-order valence-electron chi connectivity index (χ2n) is 7.86. The van der Waals surface area contributed by atoms with Crippen LogP contribution in [-0.4, -0.2) is 27.7 Å². The number of ether oxygens (including phenoxy) is 1. The Morgan fingerprint density at radius 1 is 1.12 bits per heavy atom. The summed E-state index contributed by atoms with van der Waals surface area (Å²) in [4.78, 5) is -0.650. The highest BCUT2D eigenvalue weighted by atomic mass is 32.2. The van der Waals surface area contributed by atoms with Crippen LogP contribution < -0.4 is 4.72 Å². The molecule has 1 aromatic carbocycles. The highest BCUT2D eigenvalue weighted by molar-refractivity contribution is 7.89. The van der Waals surface area contributed by atoms with Crippen LogP contribution in [0.3, 0.4) is 0 Å². The van der Waals surface area contributed by atoms with Crippen molar-refractivity contribution in [3.63, 3.8) is 0 Å². The fourth-order valence-electron chi connectivity index (χ4n) is 5.64. The van der Waals surface area contributed by atoms with Crippen molar-refractivity contribution in [1.82, 2.24) is 4.72 Å². The number of hydrogen-bond donors (Lipinski definition) is 1. The number of benzene rings is 1. The smallest absolute Gasteiger partial charge is 0.243 e. The molecule has 138 valence electrons. The second-order valence-corrected chi connectivity index (χ2v) is 9.60. The zero-order valence-corrected chi connectivity index (χ0v) is 15.0. The first kappa shape index (κ1) is 17.4. The Morgan fingerprint density at radius 3 is 2.28 bits per heavy atom. The van der Waals surface area contributed by atoms with Crippen molar-refractivity contribution in [1.29, 1.82) is 0 Å². The lowest BCUT2D eigenvalue weighted by Gasteiger charge is -2.60. The highest BCUT2D eigenvalue weighted by Gasteiger charge is 2.57. The molecule has 25 heavy (non-hydrogen) atoms. The van der Waals surface area contributed by atoms with Crippen LogP contribution in [0.4, 0.5) is 8.78 Å². The molecule has 0 unspecified atom stereocenters. The molecule has 1 aromatic rings. The highest BCUT2D eigenvalue weighted by Crippen LogP contribution is 2.59. The van der Waals surface area contributed by atoms with Crippen molar-refractivity contribution in [2.75, 3.05) is 13.7 Å². The van der Waals surface area contributed by atoms with E-state index in [9.17, 15) is 17.2 Å². The van der Waals surface area contributed by atoms with Gasteiger partial charge in [-0.25, -0.2) is 21.9 Å². The van der Waals surface area contributed by atoms with Crippen molar-refractivity contribution in [2.45, 2.75) is 42.6 Å². The molecule has 4 saturated carbocycles. The number of methoxy groups -OCH3 is 1. The summed E-state index contributed by atoms with van der Waals surface area (Å²) in [5.74, 6) is 0.372. The van der Waals surface area contributed by atoms with Crippen LogP contribution in [0.2, 0.25) is 0 Å². The van der Waals surface area contributed by atoms with Gasteiger partial charge in [0.25, 0.3) is 0 Å². The molecule has 4 bridgehead atoms. The number of nitrogens with one attached hydrogen (secondary N) is 1. The van der Waals surface area contributed by atoms with Crippen LogP contribution in [0.5, 0.6) is 0 Å². The lowest BCUT2D eigenvalue weighted by molar-refractivity contribution is -0.185. The van der Waals surface area contributed by atoms with Gasteiger partial charge >= 0.3 is 0 Å². The maximum absolute atomic E-state index is 13.9. The van der Waals surface area contributed by atoms with Crippen LogP contribution in [0, 0.1) is 35.3 Å². The minimum atomic E-state index is -4.14. The Labute approximate surface area is 147 Å². The molecule has 0 amide bonds. The van der Waals surface area contributed by atoms with Crippen LogP contribution in [0.25, 0.3) is 0 Å². The Balaban J connectivity index is 1.58. The molecule has 0 radical (unpaired) electrons. The average Bonchev–Trinajstić information content (AvgIpc) is 2.56. The van der Waals surface area contributed by atoms with Gasteiger partial charge in [-0.05, 0) is 74.0 Å². The van der Waals surface area contributed by atoms with Crippen LogP contribution in [-0.2, 0) is 14.8 Å². The fourth-order valence-corrected chi connectivity index (χ4v) is 6.81. The fraction of sp³-hybridized carbons (Fsp3) is 0.667. The lowest BCUT2D eigenvalue weighted by Crippen LogP contribution is -2.63. The number of sulfonamides is 1. The zero-order chi connectivity index (χ0) is 17.8. The van der Waals surface area contributed by atoms with Gasteiger partial charge in [-0.3, -0.25) is 0 Å². The van der Waals surface area contributed by atoms with Crippen LogP contribution >= 0.6 is 0 Å². The van der Waals surface area contributed by atoms with E-state index in [-0.39, 0.29) is 6.54 Å². The Hall–Kier alpha value is -1.05. The minimum absolute atomic E-state index is 0.108.